The van der Waals surface area contributed by atoms with Crippen LogP contribution in [0.5, 0.6) is 0 Å². The third kappa shape index (κ3) is 2.97. The number of nitrogens with one attached hydrogen (secondary N) is 1. The number of ether oxygens (including phenoxy) is 1. The summed E-state index contributed by atoms with van der Waals surface area (Å²) in [4.78, 5) is 6.57. The minimum absolute atomic E-state index is 0.141. The third-order valence-electron chi connectivity index (χ3n) is 3.74. The quantitative estimate of drug-likeness (QED) is 0.931. The molecule has 1 fully saturated rings. The van der Waals surface area contributed by atoms with Crippen molar-refractivity contribution in [3.05, 3.63) is 36.0 Å². The molecule has 3 rings (SSSR count). The number of pyridine rings is 1. The van der Waals surface area contributed by atoms with E-state index >= 15 is 0 Å². The van der Waals surface area contributed by atoms with E-state index in [-0.39, 0.29) is 6.10 Å². The summed E-state index contributed by atoms with van der Waals surface area (Å²) in [5.41, 5.74) is 2.30. The zero-order chi connectivity index (χ0) is 14.7. The van der Waals surface area contributed by atoms with E-state index in [0.29, 0.717) is 12.1 Å². The molecule has 21 heavy (non-hydrogen) atoms. The van der Waals surface area contributed by atoms with Gasteiger partial charge in [0.15, 0.2) is 0 Å². The first-order chi connectivity index (χ1) is 10.3. The molecule has 108 valence electrons. The number of benzene rings is 1. The molecule has 0 bridgehead atoms. The number of likely N-dealkylation sites (N-methyl/N-ethyl adjacent to an activating group) is 1. The van der Waals surface area contributed by atoms with Gasteiger partial charge < -0.3 is 15.0 Å². The van der Waals surface area contributed by atoms with Crippen LogP contribution >= 0.6 is 0 Å². The first-order valence-electron chi connectivity index (χ1n) is 7.10. The van der Waals surface area contributed by atoms with Gasteiger partial charge in [0.05, 0.1) is 29.5 Å². The molecule has 5 nitrogen and oxygen atoms in total. The highest BCUT2D eigenvalue weighted by molar-refractivity contribution is 5.93. The highest BCUT2D eigenvalue weighted by Gasteiger charge is 2.18. The van der Waals surface area contributed by atoms with Gasteiger partial charge in [0.1, 0.15) is 6.07 Å². The van der Waals surface area contributed by atoms with Gasteiger partial charge in [-0.1, -0.05) is 18.2 Å². The monoisotopic (exact) mass is 282 g/mol. The van der Waals surface area contributed by atoms with E-state index in [2.05, 4.69) is 28.3 Å². The van der Waals surface area contributed by atoms with E-state index in [1.165, 1.54) is 0 Å². The van der Waals surface area contributed by atoms with Crippen molar-refractivity contribution in [1.82, 2.24) is 9.88 Å². The number of nitrogens with zero attached hydrogens (tertiary/aromatic N) is 3. The molecule has 0 saturated carbocycles. The molecule has 0 amide bonds. The fourth-order valence-electron chi connectivity index (χ4n) is 2.62. The van der Waals surface area contributed by atoms with E-state index in [1.807, 2.05) is 24.3 Å². The summed E-state index contributed by atoms with van der Waals surface area (Å²) in [5, 5.41) is 13.6. The maximum Gasteiger partial charge on any atom is 0.103 e. The van der Waals surface area contributed by atoms with E-state index in [4.69, 9.17) is 4.74 Å². The van der Waals surface area contributed by atoms with E-state index < -0.39 is 0 Å². The van der Waals surface area contributed by atoms with Crippen LogP contribution in [0.3, 0.4) is 0 Å². The number of fused-ring (bicyclic) bond motifs is 1. The van der Waals surface area contributed by atoms with Crippen molar-refractivity contribution in [2.45, 2.75) is 6.10 Å². The lowest BCUT2D eigenvalue weighted by Crippen LogP contribution is -2.43. The van der Waals surface area contributed by atoms with Gasteiger partial charge in [0.2, 0.25) is 0 Å². The predicted octanol–water partition coefficient (Wildman–Crippen LogP) is 1.85. The van der Waals surface area contributed by atoms with Crippen molar-refractivity contribution >= 4 is 16.6 Å². The number of morpholine rings is 1. The SMILES string of the molecule is CN1CCOC(CNc2c(C#N)cnc3ccccc23)C1. The lowest BCUT2D eigenvalue weighted by atomic mass is 10.1. The zero-order valence-electron chi connectivity index (χ0n) is 12.0. The lowest BCUT2D eigenvalue weighted by Gasteiger charge is -2.30. The van der Waals surface area contributed by atoms with Gasteiger partial charge in [-0.25, -0.2) is 0 Å². The Morgan fingerprint density at radius 2 is 2.33 bits per heavy atom. The maximum atomic E-state index is 9.29. The van der Waals surface area contributed by atoms with Gasteiger partial charge in [-0.2, -0.15) is 5.26 Å². The van der Waals surface area contributed by atoms with Crippen LogP contribution in [-0.4, -0.2) is 49.3 Å². The van der Waals surface area contributed by atoms with Crippen molar-refractivity contribution in [2.24, 2.45) is 0 Å². The number of hydrogen-bond donors (Lipinski definition) is 1. The highest BCUT2D eigenvalue weighted by Crippen LogP contribution is 2.25. The van der Waals surface area contributed by atoms with Gasteiger partial charge in [-0.3, -0.25) is 4.98 Å². The molecule has 1 saturated heterocycles. The Morgan fingerprint density at radius 1 is 1.48 bits per heavy atom. The molecular weight excluding hydrogens is 264 g/mol. The molecule has 0 radical (unpaired) electrons. The van der Waals surface area contributed by atoms with Crippen molar-refractivity contribution in [3.63, 3.8) is 0 Å². The third-order valence-corrected chi connectivity index (χ3v) is 3.74. The van der Waals surface area contributed by atoms with Crippen molar-refractivity contribution in [2.75, 3.05) is 38.6 Å². The molecule has 1 N–H and O–H groups in total. The maximum absolute atomic E-state index is 9.29. The van der Waals surface area contributed by atoms with Gasteiger partial charge in [0.25, 0.3) is 0 Å². The number of para-hydroxylation sites is 1. The Balaban J connectivity index is 1.84. The predicted molar refractivity (Wildman–Crippen MR) is 82.2 cm³/mol. The van der Waals surface area contributed by atoms with Crippen LogP contribution in [0.15, 0.2) is 30.5 Å². The van der Waals surface area contributed by atoms with Crippen LogP contribution in [0.2, 0.25) is 0 Å². The summed E-state index contributed by atoms with van der Waals surface area (Å²) in [6.07, 6.45) is 1.76. The van der Waals surface area contributed by atoms with Gasteiger partial charge >= 0.3 is 0 Å². The molecule has 1 unspecified atom stereocenters. The molecule has 1 aliphatic heterocycles. The second kappa shape index (κ2) is 6.08. The Bertz CT molecular complexity index is 680. The number of nitriles is 1. The summed E-state index contributed by atoms with van der Waals surface area (Å²) in [7, 11) is 2.10. The summed E-state index contributed by atoms with van der Waals surface area (Å²) < 4.78 is 5.75. The second-order valence-electron chi connectivity index (χ2n) is 5.31. The van der Waals surface area contributed by atoms with Gasteiger partial charge in [-0.15, -0.1) is 0 Å². The molecule has 2 aromatic rings. The van der Waals surface area contributed by atoms with Crippen molar-refractivity contribution in [1.29, 1.82) is 5.26 Å². The molecule has 1 atom stereocenters. The van der Waals surface area contributed by atoms with Gasteiger partial charge in [0, 0.05) is 31.2 Å². The summed E-state index contributed by atoms with van der Waals surface area (Å²) in [6, 6.07) is 10.1. The van der Waals surface area contributed by atoms with Crippen molar-refractivity contribution in [3.8, 4) is 6.07 Å². The molecule has 1 aromatic carbocycles. The standard InChI is InChI=1S/C16H18N4O/c1-20-6-7-21-13(11-20)10-19-16-12(8-17)9-18-15-5-3-2-4-14(15)16/h2-5,9,13H,6-7,10-11H2,1H3,(H,18,19). The topological polar surface area (TPSA) is 61.2 Å². The Hall–Kier alpha value is -2.16. The zero-order valence-corrected chi connectivity index (χ0v) is 12.0. The number of hydrogen-bond acceptors (Lipinski definition) is 5. The minimum Gasteiger partial charge on any atom is -0.381 e. The summed E-state index contributed by atoms with van der Waals surface area (Å²) in [6.45, 7) is 3.31. The van der Waals surface area contributed by atoms with E-state index in [9.17, 15) is 5.26 Å². The average Bonchev–Trinajstić information content (AvgIpc) is 2.52. The van der Waals surface area contributed by atoms with Gasteiger partial charge in [-0.05, 0) is 13.1 Å². The van der Waals surface area contributed by atoms with E-state index in [1.54, 1.807) is 6.20 Å². The average molecular weight is 282 g/mol. The molecule has 1 aliphatic rings. The smallest absolute Gasteiger partial charge is 0.103 e. The van der Waals surface area contributed by atoms with Crippen LogP contribution < -0.4 is 5.32 Å². The second-order valence-corrected chi connectivity index (χ2v) is 5.31. The first kappa shape index (κ1) is 13.8. The molecule has 0 aliphatic carbocycles. The normalized spacial score (nSPS) is 19.3. The highest BCUT2D eigenvalue weighted by atomic mass is 16.5. The van der Waals surface area contributed by atoms with Crippen LogP contribution in [0.4, 0.5) is 5.69 Å². The molecule has 2 heterocycles. The van der Waals surface area contributed by atoms with Crippen LogP contribution in [0, 0.1) is 11.3 Å². The minimum atomic E-state index is 0.141. The Morgan fingerprint density at radius 3 is 3.14 bits per heavy atom. The van der Waals surface area contributed by atoms with Crippen LogP contribution in [0.25, 0.3) is 10.9 Å². The van der Waals surface area contributed by atoms with Crippen LogP contribution in [0.1, 0.15) is 5.56 Å². The van der Waals surface area contributed by atoms with Crippen molar-refractivity contribution < 1.29 is 4.74 Å². The van der Waals surface area contributed by atoms with Crippen LogP contribution in [-0.2, 0) is 4.74 Å². The summed E-state index contributed by atoms with van der Waals surface area (Å²) >= 11 is 0. The number of rotatable bonds is 3. The fraction of sp³-hybridized carbons (Fsp3) is 0.375. The number of aromatic nitrogens is 1. The summed E-state index contributed by atoms with van der Waals surface area (Å²) in [5.74, 6) is 0. The number of anilines is 1. The Kier molecular flexibility index (Phi) is 4.00. The molecular formula is C16H18N4O. The molecule has 1 aromatic heterocycles. The lowest BCUT2D eigenvalue weighted by molar-refractivity contribution is -0.0117. The Labute approximate surface area is 124 Å². The van der Waals surface area contributed by atoms with E-state index in [0.717, 1.165) is 36.3 Å². The first-order valence-corrected chi connectivity index (χ1v) is 7.10. The fourth-order valence-corrected chi connectivity index (χ4v) is 2.62. The largest absolute Gasteiger partial charge is 0.381 e. The molecule has 0 spiro atoms. The molecule has 5 heteroatoms.